The Kier molecular flexibility index (Phi) is 8.03. The van der Waals surface area contributed by atoms with E-state index in [0.717, 1.165) is 45.2 Å². The average molecular weight is 423 g/mol. The van der Waals surface area contributed by atoms with Gasteiger partial charge in [0, 0.05) is 57.1 Å². The zero-order valence-electron chi connectivity index (χ0n) is 17.4. The molecular weight excluding hydrogens is 388 g/mol. The number of anilines is 1. The summed E-state index contributed by atoms with van der Waals surface area (Å²) in [5.74, 6) is 0.137. The number of β-amino-alcohol motifs (C(OH)–C–C–N with tert-alkyl or cyclic N) is 1. The van der Waals surface area contributed by atoms with Crippen LogP contribution in [0.1, 0.15) is 58.3 Å². The standard InChI is InChI=1S/C21H34N4O3S/c1-2-17(26)16-24-9-11-25(12-10-24)19(28)15-21(6-4-3-5-7-21)14-18(27)23-20-22-8-13-29-20/h8,13,17,26H,2-7,9-12,14-16H2,1H3,(H,22,23,27). The monoisotopic (exact) mass is 422 g/mol. The molecule has 1 unspecified atom stereocenters. The van der Waals surface area contributed by atoms with E-state index in [4.69, 9.17) is 0 Å². The maximum atomic E-state index is 13.1. The number of thiazole rings is 1. The van der Waals surface area contributed by atoms with E-state index in [2.05, 4.69) is 15.2 Å². The van der Waals surface area contributed by atoms with Gasteiger partial charge in [0.2, 0.25) is 11.8 Å². The number of aromatic nitrogens is 1. The summed E-state index contributed by atoms with van der Waals surface area (Å²) >= 11 is 1.41. The van der Waals surface area contributed by atoms with Crippen LogP contribution in [0.2, 0.25) is 0 Å². The molecule has 1 saturated heterocycles. The lowest BCUT2D eigenvalue weighted by Gasteiger charge is -2.40. The summed E-state index contributed by atoms with van der Waals surface area (Å²) in [4.78, 5) is 34.0. The summed E-state index contributed by atoms with van der Waals surface area (Å²) in [5.41, 5.74) is -0.230. The fraction of sp³-hybridized carbons (Fsp3) is 0.762. The van der Waals surface area contributed by atoms with Gasteiger partial charge in [0.1, 0.15) is 0 Å². The van der Waals surface area contributed by atoms with Crippen molar-refractivity contribution in [2.45, 2.75) is 64.4 Å². The van der Waals surface area contributed by atoms with Crippen LogP contribution in [0.5, 0.6) is 0 Å². The molecule has 162 valence electrons. The van der Waals surface area contributed by atoms with Gasteiger partial charge in [-0.05, 0) is 24.7 Å². The Bertz CT molecular complexity index is 653. The summed E-state index contributed by atoms with van der Waals surface area (Å²) in [7, 11) is 0. The maximum absolute atomic E-state index is 13.1. The Morgan fingerprint density at radius 3 is 2.55 bits per heavy atom. The zero-order chi connectivity index (χ0) is 20.7. The fourth-order valence-electron chi connectivity index (χ4n) is 4.55. The molecule has 2 amide bonds. The third-order valence-electron chi connectivity index (χ3n) is 6.32. The lowest BCUT2D eigenvalue weighted by molar-refractivity contribution is -0.137. The molecule has 2 heterocycles. The minimum atomic E-state index is -0.292. The first kappa shape index (κ1) is 22.2. The predicted molar refractivity (Wildman–Crippen MR) is 115 cm³/mol. The molecule has 2 aliphatic rings. The van der Waals surface area contributed by atoms with E-state index in [1.54, 1.807) is 6.20 Å². The van der Waals surface area contributed by atoms with Gasteiger partial charge in [0.15, 0.2) is 5.13 Å². The first-order valence-corrected chi connectivity index (χ1v) is 11.8. The second-order valence-corrected chi connectivity index (χ2v) is 9.44. The SMILES string of the molecule is CCC(O)CN1CCN(C(=O)CC2(CC(=O)Nc3nccs3)CCCCC2)CC1. The number of nitrogens with zero attached hydrogens (tertiary/aromatic N) is 3. The van der Waals surface area contributed by atoms with Crippen molar-refractivity contribution < 1.29 is 14.7 Å². The van der Waals surface area contributed by atoms with Crippen molar-refractivity contribution in [1.29, 1.82) is 0 Å². The van der Waals surface area contributed by atoms with Crippen LogP contribution < -0.4 is 5.32 Å². The van der Waals surface area contributed by atoms with Crippen molar-refractivity contribution in [3.8, 4) is 0 Å². The van der Waals surface area contributed by atoms with Crippen LogP contribution in [0, 0.1) is 5.41 Å². The van der Waals surface area contributed by atoms with Crippen LogP contribution in [0.3, 0.4) is 0 Å². The van der Waals surface area contributed by atoms with Crippen LogP contribution in [0.4, 0.5) is 5.13 Å². The molecule has 1 atom stereocenters. The number of hydrogen-bond acceptors (Lipinski definition) is 6. The summed E-state index contributed by atoms with van der Waals surface area (Å²) in [6.07, 6.45) is 8.21. The van der Waals surface area contributed by atoms with E-state index in [9.17, 15) is 14.7 Å². The van der Waals surface area contributed by atoms with E-state index >= 15 is 0 Å². The molecule has 0 bridgehead atoms. The highest BCUT2D eigenvalue weighted by molar-refractivity contribution is 7.13. The molecule has 2 N–H and O–H groups in total. The first-order chi connectivity index (χ1) is 14.0. The number of carbonyl (C=O) groups excluding carboxylic acids is 2. The molecule has 0 radical (unpaired) electrons. The molecule has 7 nitrogen and oxygen atoms in total. The van der Waals surface area contributed by atoms with Crippen LogP contribution in [-0.2, 0) is 9.59 Å². The molecular formula is C21H34N4O3S. The lowest BCUT2D eigenvalue weighted by Crippen LogP contribution is -2.51. The highest BCUT2D eigenvalue weighted by Gasteiger charge is 2.38. The van der Waals surface area contributed by atoms with Gasteiger partial charge in [-0.3, -0.25) is 14.5 Å². The smallest absolute Gasteiger partial charge is 0.226 e. The number of amides is 2. The third kappa shape index (κ3) is 6.49. The Balaban J connectivity index is 1.54. The van der Waals surface area contributed by atoms with Crippen molar-refractivity contribution in [3.63, 3.8) is 0 Å². The number of carbonyl (C=O) groups is 2. The zero-order valence-corrected chi connectivity index (χ0v) is 18.3. The number of hydrogen-bond donors (Lipinski definition) is 2. The number of rotatable bonds is 8. The highest BCUT2D eigenvalue weighted by Crippen LogP contribution is 2.43. The average Bonchev–Trinajstić information content (AvgIpc) is 3.21. The summed E-state index contributed by atoms with van der Waals surface area (Å²) < 4.78 is 0. The summed E-state index contributed by atoms with van der Waals surface area (Å²) in [5, 5.41) is 15.2. The van der Waals surface area contributed by atoms with Gasteiger partial charge < -0.3 is 15.3 Å². The minimum absolute atomic E-state index is 0.0342. The van der Waals surface area contributed by atoms with Crippen LogP contribution in [0.15, 0.2) is 11.6 Å². The van der Waals surface area contributed by atoms with Crippen molar-refractivity contribution >= 4 is 28.3 Å². The molecule has 8 heteroatoms. The van der Waals surface area contributed by atoms with Gasteiger partial charge >= 0.3 is 0 Å². The predicted octanol–water partition coefficient (Wildman–Crippen LogP) is 2.73. The second-order valence-electron chi connectivity index (χ2n) is 8.54. The Labute approximate surface area is 177 Å². The quantitative estimate of drug-likeness (QED) is 0.673. The summed E-state index contributed by atoms with van der Waals surface area (Å²) in [6.45, 7) is 5.69. The van der Waals surface area contributed by atoms with Crippen molar-refractivity contribution in [2.24, 2.45) is 5.41 Å². The maximum Gasteiger partial charge on any atom is 0.226 e. The largest absolute Gasteiger partial charge is 0.392 e. The minimum Gasteiger partial charge on any atom is -0.392 e. The first-order valence-electron chi connectivity index (χ1n) is 10.9. The van der Waals surface area contributed by atoms with Crippen molar-refractivity contribution in [1.82, 2.24) is 14.8 Å². The van der Waals surface area contributed by atoms with Gasteiger partial charge in [-0.25, -0.2) is 4.98 Å². The molecule has 1 aliphatic heterocycles. The molecule has 0 spiro atoms. The molecule has 1 aromatic rings. The highest BCUT2D eigenvalue weighted by atomic mass is 32.1. The molecule has 3 rings (SSSR count). The van der Waals surface area contributed by atoms with E-state index < -0.39 is 0 Å². The number of aliphatic hydroxyl groups is 1. The topological polar surface area (TPSA) is 85.8 Å². The number of aliphatic hydroxyl groups excluding tert-OH is 1. The van der Waals surface area contributed by atoms with Gasteiger partial charge in [0.05, 0.1) is 6.10 Å². The second kappa shape index (κ2) is 10.5. The number of nitrogens with one attached hydrogen (secondary N) is 1. The van der Waals surface area contributed by atoms with E-state index in [1.807, 2.05) is 17.2 Å². The molecule has 1 aromatic heterocycles. The van der Waals surface area contributed by atoms with Crippen molar-refractivity contribution in [3.05, 3.63) is 11.6 Å². The van der Waals surface area contributed by atoms with Crippen molar-refractivity contribution in [2.75, 3.05) is 38.0 Å². The normalized spacial score (nSPS) is 21.0. The molecule has 0 aromatic carbocycles. The van der Waals surface area contributed by atoms with E-state index in [1.165, 1.54) is 17.8 Å². The molecule has 29 heavy (non-hydrogen) atoms. The van der Waals surface area contributed by atoms with Gasteiger partial charge in [-0.15, -0.1) is 11.3 Å². The lowest BCUT2D eigenvalue weighted by atomic mass is 9.69. The van der Waals surface area contributed by atoms with Gasteiger partial charge in [-0.1, -0.05) is 26.2 Å². The molecule has 1 saturated carbocycles. The molecule has 1 aliphatic carbocycles. The van der Waals surface area contributed by atoms with Gasteiger partial charge in [0.25, 0.3) is 0 Å². The third-order valence-corrected chi connectivity index (χ3v) is 7.01. The number of piperazine rings is 1. The van der Waals surface area contributed by atoms with Gasteiger partial charge in [-0.2, -0.15) is 0 Å². The van der Waals surface area contributed by atoms with Crippen LogP contribution in [-0.4, -0.2) is 70.5 Å². The van der Waals surface area contributed by atoms with Crippen LogP contribution in [0.25, 0.3) is 0 Å². The summed E-state index contributed by atoms with van der Waals surface area (Å²) in [6, 6.07) is 0. The molecule has 2 fully saturated rings. The fourth-order valence-corrected chi connectivity index (χ4v) is 5.09. The van der Waals surface area contributed by atoms with E-state index in [0.29, 0.717) is 37.6 Å². The van der Waals surface area contributed by atoms with Crippen LogP contribution >= 0.6 is 11.3 Å². The Morgan fingerprint density at radius 2 is 1.93 bits per heavy atom. The Hall–Kier alpha value is -1.51. The van der Waals surface area contributed by atoms with E-state index in [-0.39, 0.29) is 23.3 Å². The Morgan fingerprint density at radius 1 is 1.21 bits per heavy atom.